The van der Waals surface area contributed by atoms with E-state index in [0.717, 1.165) is 11.0 Å². The Labute approximate surface area is 146 Å². The Hall–Kier alpha value is -2.66. The number of hydrogen-bond acceptors (Lipinski definition) is 3. The topological polar surface area (TPSA) is 54.3 Å². The van der Waals surface area contributed by atoms with E-state index >= 15 is 0 Å². The quantitative estimate of drug-likeness (QED) is 0.710. The SMILES string of the molecule is CC(NC(=O)CNC(C)c1ccccc1F)c1cc2ccccc2o1. The molecule has 25 heavy (non-hydrogen) atoms. The van der Waals surface area contributed by atoms with E-state index in [2.05, 4.69) is 10.6 Å². The maximum atomic E-state index is 13.7. The van der Waals surface area contributed by atoms with Crippen LogP contribution in [-0.2, 0) is 4.79 Å². The number of para-hydroxylation sites is 1. The van der Waals surface area contributed by atoms with Gasteiger partial charge in [0.1, 0.15) is 17.2 Å². The maximum absolute atomic E-state index is 13.7. The summed E-state index contributed by atoms with van der Waals surface area (Å²) in [6, 6.07) is 15.7. The van der Waals surface area contributed by atoms with E-state index in [1.807, 2.05) is 44.2 Å². The second kappa shape index (κ2) is 7.49. The monoisotopic (exact) mass is 340 g/mol. The van der Waals surface area contributed by atoms with Gasteiger partial charge in [0.05, 0.1) is 12.6 Å². The fourth-order valence-electron chi connectivity index (χ4n) is 2.76. The molecule has 0 aliphatic heterocycles. The van der Waals surface area contributed by atoms with E-state index in [4.69, 9.17) is 4.42 Å². The predicted molar refractivity (Wildman–Crippen MR) is 95.6 cm³/mol. The van der Waals surface area contributed by atoms with Crippen LogP contribution in [0.2, 0.25) is 0 Å². The third-order valence-corrected chi connectivity index (χ3v) is 4.19. The van der Waals surface area contributed by atoms with E-state index in [-0.39, 0.29) is 30.4 Å². The lowest BCUT2D eigenvalue weighted by molar-refractivity contribution is -0.121. The van der Waals surface area contributed by atoms with Crippen molar-refractivity contribution in [1.82, 2.24) is 10.6 Å². The summed E-state index contributed by atoms with van der Waals surface area (Å²) >= 11 is 0. The fraction of sp³-hybridized carbons (Fsp3) is 0.250. The van der Waals surface area contributed by atoms with Crippen LogP contribution in [0.15, 0.2) is 59.0 Å². The molecular weight excluding hydrogens is 319 g/mol. The van der Waals surface area contributed by atoms with Crippen molar-refractivity contribution in [2.24, 2.45) is 0 Å². The molecule has 2 unspecified atom stereocenters. The molecule has 0 spiro atoms. The minimum absolute atomic E-state index is 0.0973. The first-order valence-corrected chi connectivity index (χ1v) is 8.30. The van der Waals surface area contributed by atoms with Crippen LogP contribution in [-0.4, -0.2) is 12.5 Å². The summed E-state index contributed by atoms with van der Waals surface area (Å²) in [5.74, 6) is 0.256. The van der Waals surface area contributed by atoms with Crippen LogP contribution >= 0.6 is 0 Å². The van der Waals surface area contributed by atoms with Crippen LogP contribution in [0, 0.1) is 5.82 Å². The summed E-state index contributed by atoms with van der Waals surface area (Å²) in [6.07, 6.45) is 0. The van der Waals surface area contributed by atoms with Crippen molar-refractivity contribution in [3.8, 4) is 0 Å². The number of hydrogen-bond donors (Lipinski definition) is 2. The molecule has 3 rings (SSSR count). The highest BCUT2D eigenvalue weighted by molar-refractivity contribution is 5.80. The number of fused-ring (bicyclic) bond motifs is 1. The lowest BCUT2D eigenvalue weighted by atomic mass is 10.1. The third kappa shape index (κ3) is 4.06. The first-order valence-electron chi connectivity index (χ1n) is 8.30. The van der Waals surface area contributed by atoms with Gasteiger partial charge in [-0.3, -0.25) is 4.79 Å². The Morgan fingerprint density at radius 2 is 1.80 bits per heavy atom. The highest BCUT2D eigenvalue weighted by Gasteiger charge is 2.16. The average Bonchev–Trinajstić information content (AvgIpc) is 3.04. The van der Waals surface area contributed by atoms with Gasteiger partial charge in [-0.1, -0.05) is 36.4 Å². The van der Waals surface area contributed by atoms with Gasteiger partial charge in [-0.25, -0.2) is 4.39 Å². The molecule has 1 heterocycles. The van der Waals surface area contributed by atoms with Gasteiger partial charge < -0.3 is 15.1 Å². The molecule has 0 bridgehead atoms. The van der Waals surface area contributed by atoms with Crippen molar-refractivity contribution in [2.75, 3.05) is 6.54 Å². The highest BCUT2D eigenvalue weighted by Crippen LogP contribution is 2.23. The molecule has 5 heteroatoms. The maximum Gasteiger partial charge on any atom is 0.234 e. The zero-order valence-corrected chi connectivity index (χ0v) is 14.3. The van der Waals surface area contributed by atoms with Gasteiger partial charge >= 0.3 is 0 Å². The van der Waals surface area contributed by atoms with E-state index in [1.165, 1.54) is 6.07 Å². The Balaban J connectivity index is 1.56. The third-order valence-electron chi connectivity index (χ3n) is 4.19. The molecule has 0 saturated carbocycles. The van der Waals surface area contributed by atoms with Gasteiger partial charge in [0.25, 0.3) is 0 Å². The summed E-state index contributed by atoms with van der Waals surface area (Å²) < 4.78 is 19.5. The van der Waals surface area contributed by atoms with Crippen LogP contribution in [0.4, 0.5) is 4.39 Å². The normalized spacial score (nSPS) is 13.6. The Morgan fingerprint density at radius 3 is 2.56 bits per heavy atom. The van der Waals surface area contributed by atoms with E-state index in [0.29, 0.717) is 11.3 Å². The van der Waals surface area contributed by atoms with Crippen LogP contribution < -0.4 is 10.6 Å². The molecule has 4 nitrogen and oxygen atoms in total. The summed E-state index contributed by atoms with van der Waals surface area (Å²) in [7, 11) is 0. The van der Waals surface area contributed by atoms with E-state index in [1.54, 1.807) is 18.2 Å². The first kappa shape index (κ1) is 17.2. The van der Waals surface area contributed by atoms with E-state index < -0.39 is 0 Å². The molecule has 2 aromatic carbocycles. The molecule has 0 saturated heterocycles. The van der Waals surface area contributed by atoms with Crippen LogP contribution in [0.3, 0.4) is 0 Å². The lowest BCUT2D eigenvalue weighted by Gasteiger charge is -2.16. The van der Waals surface area contributed by atoms with Crippen molar-refractivity contribution >= 4 is 16.9 Å². The Bertz CT molecular complexity index is 842. The number of nitrogens with one attached hydrogen (secondary N) is 2. The Morgan fingerprint density at radius 1 is 1.08 bits per heavy atom. The summed E-state index contributed by atoms with van der Waals surface area (Å²) in [5.41, 5.74) is 1.34. The summed E-state index contributed by atoms with van der Waals surface area (Å²) in [5, 5.41) is 6.93. The molecule has 0 aliphatic carbocycles. The molecule has 2 N–H and O–H groups in total. The van der Waals surface area contributed by atoms with Crippen LogP contribution in [0.1, 0.15) is 37.3 Å². The predicted octanol–water partition coefficient (Wildman–Crippen LogP) is 4.10. The van der Waals surface area contributed by atoms with Crippen molar-refractivity contribution < 1.29 is 13.6 Å². The molecule has 1 amide bonds. The largest absolute Gasteiger partial charge is 0.459 e. The van der Waals surface area contributed by atoms with Gasteiger partial charge in [-0.05, 0) is 32.0 Å². The first-order chi connectivity index (χ1) is 12.0. The van der Waals surface area contributed by atoms with Crippen LogP contribution in [0.5, 0.6) is 0 Å². The number of furan rings is 1. The zero-order valence-electron chi connectivity index (χ0n) is 14.3. The summed E-state index contributed by atoms with van der Waals surface area (Å²) in [6.45, 7) is 3.80. The molecule has 1 aromatic heterocycles. The fourth-order valence-corrected chi connectivity index (χ4v) is 2.76. The van der Waals surface area contributed by atoms with E-state index in [9.17, 15) is 9.18 Å². The number of benzene rings is 2. The van der Waals surface area contributed by atoms with Gasteiger partial charge in [0, 0.05) is 17.0 Å². The molecule has 2 atom stereocenters. The van der Waals surface area contributed by atoms with Gasteiger partial charge in [0.2, 0.25) is 5.91 Å². The molecule has 0 fully saturated rings. The van der Waals surface area contributed by atoms with Gasteiger partial charge in [-0.2, -0.15) is 0 Å². The van der Waals surface area contributed by atoms with Crippen molar-refractivity contribution in [1.29, 1.82) is 0 Å². The standard InChI is InChI=1S/C20H21FN2O2/c1-13(16-8-4-5-9-17(16)21)22-12-20(24)23-14(2)19-11-15-7-3-6-10-18(15)25-19/h3-11,13-14,22H,12H2,1-2H3,(H,23,24). The molecular formula is C20H21FN2O2. The lowest BCUT2D eigenvalue weighted by Crippen LogP contribution is -2.36. The second-order valence-electron chi connectivity index (χ2n) is 6.10. The number of halogens is 1. The van der Waals surface area contributed by atoms with Crippen molar-refractivity contribution in [3.63, 3.8) is 0 Å². The average molecular weight is 340 g/mol. The molecule has 0 aliphatic rings. The zero-order chi connectivity index (χ0) is 17.8. The highest BCUT2D eigenvalue weighted by atomic mass is 19.1. The second-order valence-corrected chi connectivity index (χ2v) is 6.10. The van der Waals surface area contributed by atoms with Gasteiger partial charge in [0.15, 0.2) is 0 Å². The number of amides is 1. The van der Waals surface area contributed by atoms with Gasteiger partial charge in [-0.15, -0.1) is 0 Å². The minimum atomic E-state index is -0.279. The minimum Gasteiger partial charge on any atom is -0.459 e. The van der Waals surface area contributed by atoms with Crippen molar-refractivity contribution in [2.45, 2.75) is 25.9 Å². The smallest absolute Gasteiger partial charge is 0.234 e. The molecule has 0 radical (unpaired) electrons. The van der Waals surface area contributed by atoms with Crippen molar-refractivity contribution in [3.05, 3.63) is 71.7 Å². The number of carbonyl (C=O) groups is 1. The molecule has 130 valence electrons. The number of carbonyl (C=O) groups excluding carboxylic acids is 1. The summed E-state index contributed by atoms with van der Waals surface area (Å²) in [4.78, 5) is 12.2. The van der Waals surface area contributed by atoms with Crippen LogP contribution in [0.25, 0.3) is 11.0 Å². The number of rotatable bonds is 6. The molecule has 3 aromatic rings. The Kier molecular flexibility index (Phi) is 5.14.